The molecule has 0 fully saturated rings. The molecular weight excluding hydrogens is 324 g/mol. The number of nitrogens with one attached hydrogen (secondary N) is 1. The number of carbonyl (C=O) groups is 1. The second-order valence-electron chi connectivity index (χ2n) is 5.87. The first-order valence-electron chi connectivity index (χ1n) is 8.37. The van der Waals surface area contributed by atoms with Crippen molar-refractivity contribution in [3.8, 4) is 5.75 Å². The van der Waals surface area contributed by atoms with Gasteiger partial charge in [0, 0.05) is 11.9 Å². The zero-order chi connectivity index (χ0) is 18.2. The Labute approximate surface area is 153 Å². The van der Waals surface area contributed by atoms with Gasteiger partial charge in [0.05, 0.1) is 5.69 Å². The number of benzene rings is 2. The third-order valence-electron chi connectivity index (χ3n) is 3.66. The van der Waals surface area contributed by atoms with Crippen molar-refractivity contribution in [2.75, 3.05) is 11.9 Å². The molecule has 3 aromatic rings. The van der Waals surface area contributed by atoms with E-state index in [4.69, 9.17) is 4.74 Å². The fourth-order valence-corrected chi connectivity index (χ4v) is 2.43. The van der Waals surface area contributed by atoms with Gasteiger partial charge >= 0.3 is 0 Å². The van der Waals surface area contributed by atoms with Crippen LogP contribution < -0.4 is 10.1 Å². The van der Waals surface area contributed by atoms with Crippen LogP contribution in [-0.4, -0.2) is 17.5 Å². The Morgan fingerprint density at radius 3 is 2.73 bits per heavy atom. The average Bonchev–Trinajstić information content (AvgIpc) is 2.66. The molecular formula is C22H20N2O2. The number of nitrogens with zero attached hydrogens (tertiary/aromatic N) is 1. The summed E-state index contributed by atoms with van der Waals surface area (Å²) in [7, 11) is 0. The Morgan fingerprint density at radius 1 is 1.04 bits per heavy atom. The molecule has 0 aliphatic rings. The summed E-state index contributed by atoms with van der Waals surface area (Å²) in [5, 5.41) is 2.85. The Bertz CT molecular complexity index is 905. The van der Waals surface area contributed by atoms with E-state index in [9.17, 15) is 4.79 Å². The molecule has 1 amide bonds. The summed E-state index contributed by atoms with van der Waals surface area (Å²) >= 11 is 0. The fraction of sp³-hybridized carbons (Fsp3) is 0.0909. The van der Waals surface area contributed by atoms with Crippen LogP contribution in [0.15, 0.2) is 72.9 Å². The lowest BCUT2D eigenvalue weighted by Crippen LogP contribution is -2.20. The molecule has 130 valence electrons. The maximum absolute atomic E-state index is 12.1. The second kappa shape index (κ2) is 8.62. The number of ether oxygens (including phenoxy) is 1. The standard InChI is InChI=1S/C22H20N2O2/c1-17-6-4-10-21(14-17)26-16-22(25)24-20-9-5-7-18(15-20)11-12-19-8-2-3-13-23-19/h2-15H,16H2,1H3,(H,24,25)/b12-11+. The number of aromatic nitrogens is 1. The summed E-state index contributed by atoms with van der Waals surface area (Å²) in [5.74, 6) is 0.490. The number of anilines is 1. The predicted molar refractivity (Wildman–Crippen MR) is 105 cm³/mol. The molecule has 0 atom stereocenters. The highest BCUT2D eigenvalue weighted by Gasteiger charge is 2.04. The maximum atomic E-state index is 12.1. The number of hydrogen-bond donors (Lipinski definition) is 1. The number of rotatable bonds is 6. The van der Waals surface area contributed by atoms with Crippen molar-refractivity contribution in [1.82, 2.24) is 4.98 Å². The summed E-state index contributed by atoms with van der Waals surface area (Å²) in [6.07, 6.45) is 5.65. The molecule has 1 N–H and O–H groups in total. The highest BCUT2D eigenvalue weighted by Crippen LogP contribution is 2.15. The third-order valence-corrected chi connectivity index (χ3v) is 3.66. The number of amides is 1. The number of aryl methyl sites for hydroxylation is 1. The van der Waals surface area contributed by atoms with Crippen LogP contribution in [0, 0.1) is 6.92 Å². The number of hydrogen-bond acceptors (Lipinski definition) is 3. The van der Waals surface area contributed by atoms with Gasteiger partial charge in [-0.2, -0.15) is 0 Å². The van der Waals surface area contributed by atoms with Gasteiger partial charge in [0.15, 0.2) is 6.61 Å². The molecule has 0 radical (unpaired) electrons. The summed E-state index contributed by atoms with van der Waals surface area (Å²) in [5.41, 5.74) is 3.68. The van der Waals surface area contributed by atoms with Gasteiger partial charge < -0.3 is 10.1 Å². The second-order valence-corrected chi connectivity index (χ2v) is 5.87. The van der Waals surface area contributed by atoms with Crippen LogP contribution in [0.4, 0.5) is 5.69 Å². The maximum Gasteiger partial charge on any atom is 0.262 e. The van der Waals surface area contributed by atoms with E-state index >= 15 is 0 Å². The van der Waals surface area contributed by atoms with Gasteiger partial charge in [0.25, 0.3) is 5.91 Å². The van der Waals surface area contributed by atoms with Gasteiger partial charge in [-0.25, -0.2) is 0 Å². The molecule has 2 aromatic carbocycles. The van der Waals surface area contributed by atoms with Crippen molar-refractivity contribution in [1.29, 1.82) is 0 Å². The fourth-order valence-electron chi connectivity index (χ4n) is 2.43. The van der Waals surface area contributed by atoms with Gasteiger partial charge in [-0.3, -0.25) is 9.78 Å². The number of pyridine rings is 1. The predicted octanol–water partition coefficient (Wildman–Crippen LogP) is 4.58. The quantitative estimate of drug-likeness (QED) is 0.712. The van der Waals surface area contributed by atoms with Gasteiger partial charge in [0.1, 0.15) is 5.75 Å². The van der Waals surface area contributed by atoms with E-state index in [1.54, 1.807) is 6.20 Å². The van der Waals surface area contributed by atoms with Crippen molar-refractivity contribution in [3.05, 3.63) is 89.7 Å². The van der Waals surface area contributed by atoms with Crippen molar-refractivity contribution >= 4 is 23.7 Å². The van der Waals surface area contributed by atoms with Gasteiger partial charge in [-0.15, -0.1) is 0 Å². The number of carbonyl (C=O) groups excluding carboxylic acids is 1. The Hall–Kier alpha value is -3.40. The SMILES string of the molecule is Cc1cccc(OCC(=O)Nc2cccc(/C=C/c3ccccn3)c2)c1. The van der Waals surface area contributed by atoms with Crippen molar-refractivity contribution < 1.29 is 9.53 Å². The zero-order valence-corrected chi connectivity index (χ0v) is 14.6. The van der Waals surface area contributed by atoms with Gasteiger partial charge in [-0.05, 0) is 60.5 Å². The lowest BCUT2D eigenvalue weighted by Gasteiger charge is -2.08. The van der Waals surface area contributed by atoms with Crippen LogP contribution in [0.1, 0.15) is 16.8 Å². The molecule has 26 heavy (non-hydrogen) atoms. The van der Waals surface area contributed by atoms with Crippen molar-refractivity contribution in [3.63, 3.8) is 0 Å². The minimum absolute atomic E-state index is 0.0303. The van der Waals surface area contributed by atoms with E-state index in [2.05, 4.69) is 10.3 Å². The topological polar surface area (TPSA) is 51.2 Å². The van der Waals surface area contributed by atoms with Gasteiger partial charge in [0.2, 0.25) is 0 Å². The summed E-state index contributed by atoms with van der Waals surface area (Å²) in [6.45, 7) is 1.95. The molecule has 3 rings (SSSR count). The van der Waals surface area contributed by atoms with Crippen LogP contribution in [0.25, 0.3) is 12.2 Å². The minimum Gasteiger partial charge on any atom is -0.484 e. The molecule has 0 saturated carbocycles. The molecule has 4 heteroatoms. The smallest absolute Gasteiger partial charge is 0.262 e. The van der Waals surface area contributed by atoms with Crippen molar-refractivity contribution in [2.24, 2.45) is 0 Å². The molecule has 1 heterocycles. The van der Waals surface area contributed by atoms with E-state index in [1.165, 1.54) is 0 Å². The summed E-state index contributed by atoms with van der Waals surface area (Å²) in [4.78, 5) is 16.3. The Kier molecular flexibility index (Phi) is 5.78. The first-order chi connectivity index (χ1) is 12.7. The summed E-state index contributed by atoms with van der Waals surface area (Å²) < 4.78 is 5.52. The molecule has 0 saturated heterocycles. The lowest BCUT2D eigenvalue weighted by molar-refractivity contribution is -0.118. The molecule has 0 unspecified atom stereocenters. The zero-order valence-electron chi connectivity index (χ0n) is 14.6. The van der Waals surface area contributed by atoms with E-state index in [1.807, 2.05) is 85.8 Å². The Balaban J connectivity index is 1.57. The van der Waals surface area contributed by atoms with Gasteiger partial charge in [-0.1, -0.05) is 36.4 Å². The Morgan fingerprint density at radius 2 is 1.92 bits per heavy atom. The molecule has 0 spiro atoms. The molecule has 0 aliphatic carbocycles. The highest BCUT2D eigenvalue weighted by atomic mass is 16.5. The van der Waals surface area contributed by atoms with Crippen LogP contribution in [0.2, 0.25) is 0 Å². The largest absolute Gasteiger partial charge is 0.484 e. The van der Waals surface area contributed by atoms with Crippen LogP contribution in [-0.2, 0) is 4.79 Å². The normalized spacial score (nSPS) is 10.7. The highest BCUT2D eigenvalue weighted by molar-refractivity contribution is 5.92. The molecule has 4 nitrogen and oxygen atoms in total. The van der Waals surface area contributed by atoms with E-state index < -0.39 is 0 Å². The summed E-state index contributed by atoms with van der Waals surface area (Å²) in [6, 6.07) is 21.0. The first-order valence-corrected chi connectivity index (χ1v) is 8.37. The van der Waals surface area contributed by atoms with E-state index in [0.29, 0.717) is 5.75 Å². The molecule has 1 aromatic heterocycles. The molecule has 0 aliphatic heterocycles. The minimum atomic E-state index is -0.197. The van der Waals surface area contributed by atoms with Crippen LogP contribution >= 0.6 is 0 Å². The van der Waals surface area contributed by atoms with Crippen LogP contribution in [0.3, 0.4) is 0 Å². The van der Waals surface area contributed by atoms with Crippen molar-refractivity contribution in [2.45, 2.75) is 6.92 Å². The average molecular weight is 344 g/mol. The first kappa shape index (κ1) is 17.4. The monoisotopic (exact) mass is 344 g/mol. The van der Waals surface area contributed by atoms with E-state index in [0.717, 1.165) is 22.5 Å². The third kappa shape index (κ3) is 5.31. The lowest BCUT2D eigenvalue weighted by atomic mass is 10.1. The van der Waals surface area contributed by atoms with E-state index in [-0.39, 0.29) is 12.5 Å². The molecule has 0 bridgehead atoms. The van der Waals surface area contributed by atoms with Crippen LogP contribution in [0.5, 0.6) is 5.75 Å².